The summed E-state index contributed by atoms with van der Waals surface area (Å²) in [5.41, 5.74) is 2.58. The van der Waals surface area contributed by atoms with E-state index in [0.29, 0.717) is 23.1 Å². The van der Waals surface area contributed by atoms with Crippen molar-refractivity contribution in [2.24, 2.45) is 11.8 Å². The number of alkyl halides is 3. The van der Waals surface area contributed by atoms with Crippen LogP contribution in [0.15, 0.2) is 48.2 Å². The van der Waals surface area contributed by atoms with Crippen LogP contribution in [-0.4, -0.2) is 10.9 Å². The fourth-order valence-corrected chi connectivity index (χ4v) is 4.20. The van der Waals surface area contributed by atoms with Crippen LogP contribution in [0.5, 0.6) is 0 Å². The Bertz CT molecular complexity index is 939. The number of hydrogen-bond acceptors (Lipinski definition) is 2. The molecule has 4 rings (SSSR count). The first-order chi connectivity index (χ1) is 12.8. The number of halogens is 3. The minimum atomic E-state index is -4.37. The smallest absolute Gasteiger partial charge is 0.416 e. The number of carbonyl (C=O) groups excluding carboxylic acids is 1. The lowest BCUT2D eigenvalue weighted by Crippen LogP contribution is -2.21. The third-order valence-electron chi connectivity index (χ3n) is 5.75. The topological polar surface area (TPSA) is 37.3 Å². The monoisotopic (exact) mass is 372 g/mol. The Labute approximate surface area is 155 Å². The van der Waals surface area contributed by atoms with E-state index < -0.39 is 11.7 Å². The minimum absolute atomic E-state index is 0.0195. The second-order valence-electron chi connectivity index (χ2n) is 7.44. The lowest BCUT2D eigenvalue weighted by Gasteiger charge is -2.23. The zero-order chi connectivity index (χ0) is 19.3. The van der Waals surface area contributed by atoms with Crippen molar-refractivity contribution in [2.45, 2.75) is 32.4 Å². The van der Waals surface area contributed by atoms with Crippen molar-refractivity contribution in [3.8, 4) is 11.1 Å². The molecule has 1 saturated carbocycles. The van der Waals surface area contributed by atoms with Crippen LogP contribution in [0.4, 0.5) is 13.2 Å². The van der Waals surface area contributed by atoms with Crippen LogP contribution in [0.25, 0.3) is 16.7 Å². The predicted molar refractivity (Wildman–Crippen MR) is 97.0 cm³/mol. The van der Waals surface area contributed by atoms with E-state index >= 15 is 0 Å². The number of hydrogen-bond donors (Lipinski definition) is 1. The number of aryl methyl sites for hydroxylation is 1. The Morgan fingerprint density at radius 3 is 2.26 bits per heavy atom. The molecule has 1 fully saturated rings. The molecule has 0 amide bonds. The van der Waals surface area contributed by atoms with E-state index in [0.717, 1.165) is 36.1 Å². The van der Waals surface area contributed by atoms with Crippen molar-refractivity contribution in [3.63, 3.8) is 0 Å². The highest BCUT2D eigenvalue weighted by atomic mass is 19.4. The number of ketones is 1. The Morgan fingerprint density at radius 2 is 1.59 bits per heavy atom. The van der Waals surface area contributed by atoms with Gasteiger partial charge in [-0.2, -0.15) is 13.2 Å². The van der Waals surface area contributed by atoms with E-state index in [2.05, 4.69) is 0 Å². The molecule has 0 radical (unpaired) electrons. The third-order valence-corrected chi connectivity index (χ3v) is 5.75. The number of Topliss-reactive ketones (excluding diaryl/α,β-unsaturated/α-hetero) is 1. The molecule has 0 aliphatic heterocycles. The highest BCUT2D eigenvalue weighted by Gasteiger charge is 2.41. The number of aliphatic hydroxyl groups is 1. The standard InChI is InChI=1S/C22H19F3O2/c1-12-2-3-14(13-6-8-17(9-7-13)22(23,24)25)11-18(12)19-20(26)15-4-5-16(10-15)21(19)27/h2-3,6-9,11,15-16,26H,4-5,10H2,1H3/t15-,16+/m0/s1. The quantitative estimate of drug-likeness (QED) is 0.707. The zero-order valence-corrected chi connectivity index (χ0v) is 14.8. The Balaban J connectivity index is 1.77. The first-order valence-corrected chi connectivity index (χ1v) is 9.01. The molecule has 0 spiro atoms. The summed E-state index contributed by atoms with van der Waals surface area (Å²) in [5, 5.41) is 10.6. The summed E-state index contributed by atoms with van der Waals surface area (Å²) < 4.78 is 38.3. The predicted octanol–water partition coefficient (Wildman–Crippen LogP) is 5.95. The van der Waals surface area contributed by atoms with Crippen molar-refractivity contribution in [2.75, 3.05) is 0 Å². The first kappa shape index (κ1) is 17.8. The van der Waals surface area contributed by atoms with Crippen LogP contribution in [-0.2, 0) is 11.0 Å². The van der Waals surface area contributed by atoms with Gasteiger partial charge >= 0.3 is 6.18 Å². The number of aliphatic hydroxyl groups excluding tert-OH is 1. The second kappa shape index (κ2) is 6.25. The van der Waals surface area contributed by atoms with E-state index in [1.807, 2.05) is 19.1 Å². The van der Waals surface area contributed by atoms with Crippen molar-refractivity contribution in [1.29, 1.82) is 0 Å². The molecule has 2 aromatic carbocycles. The summed E-state index contributed by atoms with van der Waals surface area (Å²) in [7, 11) is 0. The second-order valence-corrected chi connectivity index (χ2v) is 7.44. The third kappa shape index (κ3) is 3.05. The average molecular weight is 372 g/mol. The molecular weight excluding hydrogens is 353 g/mol. The van der Waals surface area contributed by atoms with Crippen molar-refractivity contribution in [1.82, 2.24) is 0 Å². The Kier molecular flexibility index (Phi) is 4.13. The van der Waals surface area contributed by atoms with Gasteiger partial charge in [0, 0.05) is 11.8 Å². The van der Waals surface area contributed by atoms with Gasteiger partial charge in [0.25, 0.3) is 0 Å². The molecule has 0 aromatic heterocycles. The minimum Gasteiger partial charge on any atom is -0.511 e. The van der Waals surface area contributed by atoms with Crippen LogP contribution >= 0.6 is 0 Å². The number of benzene rings is 2. The highest BCUT2D eigenvalue weighted by Crippen LogP contribution is 2.46. The summed E-state index contributed by atoms with van der Waals surface area (Å²) in [6, 6.07) is 10.4. The molecule has 2 aliphatic carbocycles. The van der Waals surface area contributed by atoms with E-state index in [1.165, 1.54) is 12.1 Å². The SMILES string of the molecule is Cc1ccc(-c2ccc(C(F)(F)F)cc2)cc1C1=C(O)[C@H]2CC[C@H](C2)C1=O. The van der Waals surface area contributed by atoms with E-state index in [9.17, 15) is 23.1 Å². The highest BCUT2D eigenvalue weighted by molar-refractivity contribution is 6.23. The van der Waals surface area contributed by atoms with Gasteiger partial charge in [-0.15, -0.1) is 0 Å². The van der Waals surface area contributed by atoms with Gasteiger partial charge in [-0.3, -0.25) is 4.79 Å². The fourth-order valence-electron chi connectivity index (χ4n) is 4.20. The summed E-state index contributed by atoms with van der Waals surface area (Å²) in [6.45, 7) is 1.87. The van der Waals surface area contributed by atoms with E-state index in [-0.39, 0.29) is 23.4 Å². The number of allylic oxidation sites excluding steroid dienone is 2. The van der Waals surface area contributed by atoms with Gasteiger partial charge in [-0.05, 0) is 66.6 Å². The van der Waals surface area contributed by atoms with E-state index in [1.54, 1.807) is 6.07 Å². The normalized spacial score (nSPS) is 22.4. The maximum absolute atomic E-state index is 12.8. The maximum Gasteiger partial charge on any atom is 0.416 e. The van der Waals surface area contributed by atoms with Crippen LogP contribution in [0, 0.1) is 18.8 Å². The molecular formula is C22H19F3O2. The molecule has 2 aromatic rings. The molecule has 2 nitrogen and oxygen atoms in total. The van der Waals surface area contributed by atoms with Gasteiger partial charge in [-0.25, -0.2) is 0 Å². The summed E-state index contributed by atoms with van der Waals surface area (Å²) in [6.07, 6.45) is -2.04. The van der Waals surface area contributed by atoms with Gasteiger partial charge in [0.1, 0.15) is 5.76 Å². The Hall–Kier alpha value is -2.56. The van der Waals surface area contributed by atoms with Gasteiger partial charge in [0.2, 0.25) is 0 Å². The number of fused-ring (bicyclic) bond motifs is 2. The van der Waals surface area contributed by atoms with Crippen LogP contribution < -0.4 is 0 Å². The molecule has 0 saturated heterocycles. The van der Waals surface area contributed by atoms with E-state index in [4.69, 9.17) is 0 Å². The first-order valence-electron chi connectivity index (χ1n) is 9.01. The molecule has 27 heavy (non-hydrogen) atoms. The van der Waals surface area contributed by atoms with Crippen molar-refractivity contribution < 1.29 is 23.1 Å². The molecule has 2 atom stereocenters. The van der Waals surface area contributed by atoms with Gasteiger partial charge < -0.3 is 5.11 Å². The van der Waals surface area contributed by atoms with Crippen molar-refractivity contribution >= 4 is 11.4 Å². The zero-order valence-electron chi connectivity index (χ0n) is 14.8. The fraction of sp³-hybridized carbons (Fsp3) is 0.318. The summed E-state index contributed by atoms with van der Waals surface area (Å²) in [5.74, 6) is 0.155. The molecule has 0 unspecified atom stereocenters. The number of rotatable bonds is 2. The van der Waals surface area contributed by atoms with Gasteiger partial charge in [0.05, 0.1) is 11.1 Å². The molecule has 1 N–H and O–H groups in total. The molecule has 140 valence electrons. The average Bonchev–Trinajstić information content (AvgIpc) is 3.08. The maximum atomic E-state index is 12.8. The van der Waals surface area contributed by atoms with Crippen LogP contribution in [0.3, 0.4) is 0 Å². The summed E-state index contributed by atoms with van der Waals surface area (Å²) >= 11 is 0. The molecule has 2 bridgehead atoms. The van der Waals surface area contributed by atoms with Gasteiger partial charge in [0.15, 0.2) is 5.78 Å². The largest absolute Gasteiger partial charge is 0.511 e. The lowest BCUT2D eigenvalue weighted by atomic mass is 9.81. The molecule has 2 aliphatic rings. The molecule has 0 heterocycles. The Morgan fingerprint density at radius 1 is 0.963 bits per heavy atom. The lowest BCUT2D eigenvalue weighted by molar-refractivity contribution is -0.137. The summed E-state index contributed by atoms with van der Waals surface area (Å²) in [4.78, 5) is 12.8. The van der Waals surface area contributed by atoms with Crippen LogP contribution in [0.2, 0.25) is 0 Å². The van der Waals surface area contributed by atoms with Gasteiger partial charge in [-0.1, -0.05) is 24.3 Å². The van der Waals surface area contributed by atoms with Crippen LogP contribution in [0.1, 0.15) is 36.0 Å². The van der Waals surface area contributed by atoms with Crippen molar-refractivity contribution in [3.05, 3.63) is 64.9 Å². The number of carbonyl (C=O) groups is 1. The molecule has 5 heteroatoms.